The summed E-state index contributed by atoms with van der Waals surface area (Å²) in [5.41, 5.74) is 0.994. The van der Waals surface area contributed by atoms with Gasteiger partial charge in [-0.25, -0.2) is 0 Å². The summed E-state index contributed by atoms with van der Waals surface area (Å²) >= 11 is 0. The third-order valence-corrected chi connectivity index (χ3v) is 2.84. The highest BCUT2D eigenvalue weighted by atomic mass is 16.5. The van der Waals surface area contributed by atoms with Gasteiger partial charge in [0.1, 0.15) is 5.41 Å². The molecule has 98 valence electrons. The van der Waals surface area contributed by atoms with Crippen LogP contribution in [0.2, 0.25) is 0 Å². The minimum Gasteiger partial charge on any atom is -0.468 e. The van der Waals surface area contributed by atoms with Gasteiger partial charge in [0.25, 0.3) is 0 Å². The first-order valence-electron chi connectivity index (χ1n) is 5.80. The molecule has 0 aromatic heterocycles. The zero-order valence-electron chi connectivity index (χ0n) is 11.2. The summed E-state index contributed by atoms with van der Waals surface area (Å²) in [5, 5.41) is 2.73. The van der Waals surface area contributed by atoms with Crippen molar-refractivity contribution in [3.05, 3.63) is 35.4 Å². The van der Waals surface area contributed by atoms with Gasteiger partial charge >= 0.3 is 5.97 Å². The van der Waals surface area contributed by atoms with Gasteiger partial charge in [0, 0.05) is 6.54 Å². The number of nitrogens with one attached hydrogen (secondary N) is 1. The number of rotatable bonds is 4. The van der Waals surface area contributed by atoms with Crippen molar-refractivity contribution in [2.75, 3.05) is 7.11 Å². The van der Waals surface area contributed by atoms with E-state index in [2.05, 4.69) is 10.1 Å². The summed E-state index contributed by atoms with van der Waals surface area (Å²) in [6, 6.07) is 7.85. The Morgan fingerprint density at radius 3 is 2.28 bits per heavy atom. The maximum absolute atomic E-state index is 11.9. The van der Waals surface area contributed by atoms with Crippen LogP contribution < -0.4 is 5.32 Å². The summed E-state index contributed by atoms with van der Waals surface area (Å²) in [5.74, 6) is -0.876. The van der Waals surface area contributed by atoms with E-state index in [1.807, 2.05) is 31.2 Å². The third kappa shape index (κ3) is 3.32. The second kappa shape index (κ2) is 5.67. The average molecular weight is 249 g/mol. The molecule has 0 atom stereocenters. The molecule has 18 heavy (non-hydrogen) atoms. The normalized spacial score (nSPS) is 10.9. The Morgan fingerprint density at radius 2 is 1.78 bits per heavy atom. The van der Waals surface area contributed by atoms with Crippen LogP contribution in [0.4, 0.5) is 0 Å². The molecule has 0 fully saturated rings. The van der Waals surface area contributed by atoms with Crippen molar-refractivity contribution in [1.82, 2.24) is 5.32 Å². The van der Waals surface area contributed by atoms with E-state index < -0.39 is 11.4 Å². The molecule has 1 aromatic rings. The second-order valence-electron chi connectivity index (χ2n) is 4.78. The molecule has 4 nitrogen and oxygen atoms in total. The average Bonchev–Trinajstić information content (AvgIpc) is 2.36. The van der Waals surface area contributed by atoms with Gasteiger partial charge in [0.2, 0.25) is 5.91 Å². The molecule has 1 amide bonds. The number of ether oxygens (including phenoxy) is 1. The predicted octanol–water partition coefficient (Wildman–Crippen LogP) is 1.81. The molecule has 0 saturated heterocycles. The van der Waals surface area contributed by atoms with E-state index in [0.29, 0.717) is 6.54 Å². The largest absolute Gasteiger partial charge is 0.468 e. The van der Waals surface area contributed by atoms with E-state index in [9.17, 15) is 9.59 Å². The van der Waals surface area contributed by atoms with Crippen LogP contribution in [0.1, 0.15) is 25.0 Å². The number of aryl methyl sites for hydroxylation is 1. The van der Waals surface area contributed by atoms with Crippen molar-refractivity contribution in [1.29, 1.82) is 0 Å². The van der Waals surface area contributed by atoms with E-state index in [0.717, 1.165) is 5.56 Å². The molecule has 1 N–H and O–H groups in total. The lowest BCUT2D eigenvalue weighted by Gasteiger charge is -2.20. The smallest absolute Gasteiger partial charge is 0.320 e. The predicted molar refractivity (Wildman–Crippen MR) is 68.8 cm³/mol. The lowest BCUT2D eigenvalue weighted by Crippen LogP contribution is -2.42. The van der Waals surface area contributed by atoms with Crippen molar-refractivity contribution in [2.24, 2.45) is 5.41 Å². The number of benzene rings is 1. The maximum atomic E-state index is 11.9. The van der Waals surface area contributed by atoms with Gasteiger partial charge in [-0.3, -0.25) is 9.59 Å². The Balaban J connectivity index is 2.61. The molecule has 0 aliphatic rings. The summed E-state index contributed by atoms with van der Waals surface area (Å²) in [6.45, 7) is 5.49. The number of amides is 1. The monoisotopic (exact) mass is 249 g/mol. The molecule has 1 aromatic carbocycles. The van der Waals surface area contributed by atoms with E-state index in [1.165, 1.54) is 12.7 Å². The number of carbonyl (C=O) groups is 2. The highest BCUT2D eigenvalue weighted by Gasteiger charge is 2.36. The fourth-order valence-corrected chi connectivity index (χ4v) is 1.46. The first kappa shape index (κ1) is 14.2. The molecular weight excluding hydrogens is 230 g/mol. The first-order chi connectivity index (χ1) is 8.37. The fourth-order valence-electron chi connectivity index (χ4n) is 1.46. The highest BCUT2D eigenvalue weighted by Crippen LogP contribution is 2.17. The van der Waals surface area contributed by atoms with Crippen LogP contribution in [0.25, 0.3) is 0 Å². The van der Waals surface area contributed by atoms with Crippen LogP contribution in [0.15, 0.2) is 24.3 Å². The molecule has 0 aliphatic heterocycles. The summed E-state index contributed by atoms with van der Waals surface area (Å²) in [7, 11) is 1.28. The van der Waals surface area contributed by atoms with E-state index >= 15 is 0 Å². The van der Waals surface area contributed by atoms with Crippen LogP contribution in [0.3, 0.4) is 0 Å². The molecule has 0 saturated carbocycles. The van der Waals surface area contributed by atoms with Crippen molar-refractivity contribution in [3.63, 3.8) is 0 Å². The zero-order chi connectivity index (χ0) is 13.8. The Hall–Kier alpha value is -1.84. The number of hydrogen-bond donors (Lipinski definition) is 1. The minimum absolute atomic E-state index is 0.338. The SMILES string of the molecule is COC(=O)C(C)(C)C(=O)NCc1ccc(C)cc1. The van der Waals surface area contributed by atoms with Crippen LogP contribution in [-0.4, -0.2) is 19.0 Å². The Bertz CT molecular complexity index is 435. The Morgan fingerprint density at radius 1 is 1.22 bits per heavy atom. The van der Waals surface area contributed by atoms with Gasteiger partial charge in [-0.1, -0.05) is 29.8 Å². The molecule has 0 bridgehead atoms. The Kier molecular flexibility index (Phi) is 4.48. The van der Waals surface area contributed by atoms with Crippen molar-refractivity contribution < 1.29 is 14.3 Å². The zero-order valence-corrected chi connectivity index (χ0v) is 11.2. The van der Waals surface area contributed by atoms with Gasteiger partial charge in [0.05, 0.1) is 7.11 Å². The van der Waals surface area contributed by atoms with Crippen molar-refractivity contribution >= 4 is 11.9 Å². The lowest BCUT2D eigenvalue weighted by atomic mass is 9.92. The van der Waals surface area contributed by atoms with Crippen LogP contribution in [0, 0.1) is 12.3 Å². The highest BCUT2D eigenvalue weighted by molar-refractivity contribution is 6.01. The van der Waals surface area contributed by atoms with Gasteiger partial charge in [0.15, 0.2) is 0 Å². The summed E-state index contributed by atoms with van der Waals surface area (Å²) < 4.78 is 4.60. The summed E-state index contributed by atoms with van der Waals surface area (Å²) in [6.07, 6.45) is 0. The number of methoxy groups -OCH3 is 1. The topological polar surface area (TPSA) is 55.4 Å². The molecular formula is C14H19NO3. The van der Waals surface area contributed by atoms with Gasteiger partial charge in [-0.15, -0.1) is 0 Å². The molecule has 0 aliphatic carbocycles. The van der Waals surface area contributed by atoms with Crippen LogP contribution in [-0.2, 0) is 20.9 Å². The van der Waals surface area contributed by atoms with E-state index in [1.54, 1.807) is 13.8 Å². The third-order valence-electron chi connectivity index (χ3n) is 2.84. The van der Waals surface area contributed by atoms with E-state index in [4.69, 9.17) is 0 Å². The maximum Gasteiger partial charge on any atom is 0.320 e. The minimum atomic E-state index is -1.17. The lowest BCUT2D eigenvalue weighted by molar-refractivity contribution is -0.156. The molecule has 0 unspecified atom stereocenters. The van der Waals surface area contributed by atoms with E-state index in [-0.39, 0.29) is 5.91 Å². The first-order valence-corrected chi connectivity index (χ1v) is 5.80. The quantitative estimate of drug-likeness (QED) is 0.654. The van der Waals surface area contributed by atoms with Crippen molar-refractivity contribution in [2.45, 2.75) is 27.3 Å². The second-order valence-corrected chi connectivity index (χ2v) is 4.78. The van der Waals surface area contributed by atoms with Crippen molar-refractivity contribution in [3.8, 4) is 0 Å². The van der Waals surface area contributed by atoms with Crippen LogP contribution in [0.5, 0.6) is 0 Å². The molecule has 0 heterocycles. The molecule has 4 heteroatoms. The molecule has 0 spiro atoms. The number of esters is 1. The molecule has 0 radical (unpaired) electrons. The fraction of sp³-hybridized carbons (Fsp3) is 0.429. The summed E-state index contributed by atoms with van der Waals surface area (Å²) in [4.78, 5) is 23.3. The number of hydrogen-bond acceptors (Lipinski definition) is 3. The van der Waals surface area contributed by atoms with Crippen LogP contribution >= 0.6 is 0 Å². The van der Waals surface area contributed by atoms with Gasteiger partial charge in [-0.05, 0) is 26.3 Å². The van der Waals surface area contributed by atoms with Gasteiger partial charge in [-0.2, -0.15) is 0 Å². The standard InChI is InChI=1S/C14H19NO3/c1-10-5-7-11(8-6-10)9-15-12(16)14(2,3)13(17)18-4/h5-8H,9H2,1-4H3,(H,15,16). The Labute approximate surface area is 107 Å². The number of carbonyl (C=O) groups excluding carboxylic acids is 2. The van der Waals surface area contributed by atoms with Gasteiger partial charge < -0.3 is 10.1 Å². The molecule has 1 rings (SSSR count).